The maximum Gasteiger partial charge on any atom is 1.00 e. The molecule has 0 aliphatic heterocycles. The molecule has 0 aromatic heterocycles. The predicted molar refractivity (Wildman–Crippen MR) is 534 cm³/mol. The summed E-state index contributed by atoms with van der Waals surface area (Å²) in [6.45, 7) is 23.0. The second kappa shape index (κ2) is 48.6. The van der Waals surface area contributed by atoms with Gasteiger partial charge in [0.2, 0.25) is 0 Å². The summed E-state index contributed by atoms with van der Waals surface area (Å²) >= 11 is 0. The van der Waals surface area contributed by atoms with E-state index >= 15 is 0 Å². The van der Waals surface area contributed by atoms with Crippen LogP contribution in [0.3, 0.4) is 0 Å². The van der Waals surface area contributed by atoms with Crippen molar-refractivity contribution in [3.63, 3.8) is 0 Å². The van der Waals surface area contributed by atoms with E-state index < -0.39 is 14.0 Å². The van der Waals surface area contributed by atoms with E-state index in [0.29, 0.717) is 18.8 Å². The smallest absolute Gasteiger partial charge is 0.850 e. The molecule has 0 bridgehead atoms. The van der Waals surface area contributed by atoms with Crippen LogP contribution in [0.1, 0.15) is 106 Å². The minimum absolute atomic E-state index is 0. The summed E-state index contributed by atoms with van der Waals surface area (Å²) in [6.07, 6.45) is 10.4. The van der Waals surface area contributed by atoms with Gasteiger partial charge in [-0.2, -0.15) is 0 Å². The number of aldehydes is 1. The Morgan fingerprint density at radius 2 is 0.414 bits per heavy atom. The fourth-order valence-electron chi connectivity index (χ4n) is 13.9. The van der Waals surface area contributed by atoms with Crippen molar-refractivity contribution in [1.82, 2.24) is 0 Å². The molecular formula is C113H115KN5O8P. The molecular weight excluding hydrogens is 1630 g/mol. The fourth-order valence-corrected chi connectivity index (χ4v) is 15.3. The van der Waals surface area contributed by atoms with Crippen LogP contribution in [-0.4, -0.2) is 51.9 Å². The van der Waals surface area contributed by atoms with Gasteiger partial charge in [0.15, 0.2) is 8.38 Å². The maximum atomic E-state index is 10.9. The van der Waals surface area contributed by atoms with Gasteiger partial charge in [0.1, 0.15) is 23.5 Å². The van der Waals surface area contributed by atoms with Crippen molar-refractivity contribution < 1.29 is 90.0 Å². The van der Waals surface area contributed by atoms with E-state index in [1.54, 1.807) is 42.1 Å². The number of hydrogen-bond donors (Lipinski definition) is 0. The van der Waals surface area contributed by atoms with E-state index in [2.05, 4.69) is 369 Å². The Kier molecular flexibility index (Phi) is 37.2. The summed E-state index contributed by atoms with van der Waals surface area (Å²) < 4.78 is 27.5. The molecule has 646 valence electrons. The van der Waals surface area contributed by atoms with Gasteiger partial charge in [-0.25, -0.2) is 0 Å². The summed E-state index contributed by atoms with van der Waals surface area (Å²) in [4.78, 5) is 22.2. The Hall–Kier alpha value is -12.2. The number of aryl methyl sites for hydroxylation is 6. The number of benzene rings is 15. The van der Waals surface area contributed by atoms with E-state index in [-0.39, 0.29) is 56.9 Å². The molecule has 2 N–H and O–H groups in total. The first-order chi connectivity index (χ1) is 61.1. The summed E-state index contributed by atoms with van der Waals surface area (Å²) in [6, 6.07) is 127. The second-order valence-corrected chi connectivity index (χ2v) is 33.1. The number of hydrogen-bond acceptors (Lipinski definition) is 12. The standard InChI is InChI=1S/C63H55N3O.C25H30NO2P.C21H19NO3.C4H9O.K.H2O/c1-46-6-26-54(27-7-46)64(55-28-8-47(2)9-29-55)58-34-18-50(19-35-58)14-16-52-22-38-60(39-23-52)66(62-42-44-63(67-5)45-43-62)61-40-24-53(25-41-61)17-15-51-20-36-59(37-21-51)65(56-30-10-48(3)11-31-56)57-32-12-49(4)13-33-57;1-5-27-29(28-6-2)19-22-11-17-25(18-12-22)26(23-13-7-20(3)8-14-23)24-15-9-21(4)10-16-24;1-24-20-11-7-18(8-12-20)22(17-5-3-16(15-23)4-6-17)19-9-13-21(25-2)14-10-19;1-4(2,3)5;;/h6-45H,1-5H3;7-18H,5-6,19H2,1-4H3;3-15H,1-2H3;1-3H3;;1H2/q;;;-1;+1;/b16-14+,17-15+;;;;;. The van der Waals surface area contributed by atoms with Crippen molar-refractivity contribution >= 4 is 124 Å². The average molecular weight is 1740 g/mol. The number of anilines is 15. The quantitative estimate of drug-likeness (QED) is 0.0191. The Morgan fingerprint density at radius 1 is 0.266 bits per heavy atom. The maximum absolute atomic E-state index is 10.9. The van der Waals surface area contributed by atoms with Gasteiger partial charge < -0.3 is 58.3 Å². The van der Waals surface area contributed by atoms with Gasteiger partial charge >= 0.3 is 51.4 Å². The molecule has 0 amide bonds. The molecule has 0 spiro atoms. The van der Waals surface area contributed by atoms with Crippen molar-refractivity contribution in [2.45, 2.75) is 87.9 Å². The van der Waals surface area contributed by atoms with Crippen LogP contribution >= 0.6 is 8.38 Å². The van der Waals surface area contributed by atoms with Crippen LogP contribution in [0.15, 0.2) is 364 Å². The third-order valence-corrected chi connectivity index (χ3v) is 22.3. The third kappa shape index (κ3) is 28.4. The molecule has 0 saturated heterocycles. The summed E-state index contributed by atoms with van der Waals surface area (Å²) in [7, 11) is 4.12. The molecule has 15 rings (SSSR count). The molecule has 15 heteroatoms. The number of carbonyl (C=O) groups is 1. The molecule has 128 heavy (non-hydrogen) atoms. The molecule has 0 fully saturated rings. The minimum atomic E-state index is -0.871. The molecule has 15 aromatic rings. The predicted octanol–water partition coefficient (Wildman–Crippen LogP) is 26.6. The zero-order chi connectivity index (χ0) is 88.9. The first-order valence-electron chi connectivity index (χ1n) is 42.6. The van der Waals surface area contributed by atoms with E-state index in [9.17, 15) is 9.90 Å². The zero-order valence-electron chi connectivity index (χ0n) is 76.2. The van der Waals surface area contributed by atoms with Crippen molar-refractivity contribution in [3.05, 3.63) is 431 Å². The van der Waals surface area contributed by atoms with E-state index in [1.165, 1.54) is 38.9 Å². The van der Waals surface area contributed by atoms with Gasteiger partial charge in [-0.05, 0) is 314 Å². The summed E-state index contributed by atoms with van der Waals surface area (Å²) in [5.74, 6) is 2.42. The van der Waals surface area contributed by atoms with Crippen LogP contribution in [0.5, 0.6) is 17.2 Å². The Morgan fingerprint density at radius 3 is 0.570 bits per heavy atom. The molecule has 0 aliphatic carbocycles. The fraction of sp³-hybridized carbons (Fsp3) is 0.159. The van der Waals surface area contributed by atoms with Gasteiger partial charge in [-0.3, -0.25) is 4.79 Å². The van der Waals surface area contributed by atoms with Crippen LogP contribution in [-0.2, 0) is 15.2 Å². The number of rotatable bonds is 29. The number of ether oxygens (including phenoxy) is 3. The largest absolute Gasteiger partial charge is 1.00 e. The van der Waals surface area contributed by atoms with Gasteiger partial charge in [0.25, 0.3) is 0 Å². The monoisotopic (exact) mass is 1740 g/mol. The molecule has 15 aromatic carbocycles. The van der Waals surface area contributed by atoms with Crippen LogP contribution < -0.4 is 95.2 Å². The molecule has 0 aliphatic rings. The molecule has 0 unspecified atom stereocenters. The SMILES string of the molecule is CC(C)(C)[O-].CCOP(Cc1ccc(N(c2ccc(C)cc2)c2ccc(C)cc2)cc1)OCC.COc1ccc(N(c2ccc(/C=C/c3ccc(N(c4ccc(C)cc4)c4ccc(C)cc4)cc3)cc2)c2ccc(/C=C/c3ccc(N(c4ccc(C)cc4)c4ccc(C)cc4)cc3)cc2)cc1.COc1ccc(N(c2ccc(C=O)cc2)c2ccc(OC)cc2)cc1.O.[K+]. The second-order valence-electron chi connectivity index (χ2n) is 31.6. The van der Waals surface area contributed by atoms with Gasteiger partial charge in [-0.15, -0.1) is 5.60 Å². The van der Waals surface area contributed by atoms with Gasteiger partial charge in [0.05, 0.1) is 34.5 Å². The van der Waals surface area contributed by atoms with Gasteiger partial charge in [0, 0.05) is 97.0 Å². The Balaban J connectivity index is 0.000000229. The summed E-state index contributed by atoms with van der Waals surface area (Å²) in [5.41, 5.74) is 29.4. The van der Waals surface area contributed by atoms with Crippen molar-refractivity contribution in [2.24, 2.45) is 0 Å². The van der Waals surface area contributed by atoms with E-state index in [0.717, 1.165) is 137 Å². The molecule has 0 radical (unpaired) electrons. The Labute approximate surface area is 802 Å². The van der Waals surface area contributed by atoms with Crippen molar-refractivity contribution in [2.75, 3.05) is 59.0 Å². The van der Waals surface area contributed by atoms with Crippen molar-refractivity contribution in [1.29, 1.82) is 0 Å². The van der Waals surface area contributed by atoms with Gasteiger partial charge in [-0.1, -0.05) is 212 Å². The minimum Gasteiger partial charge on any atom is -0.850 e. The number of methoxy groups -OCH3 is 3. The molecule has 0 saturated carbocycles. The zero-order valence-corrected chi connectivity index (χ0v) is 80.2. The van der Waals surface area contributed by atoms with Crippen LogP contribution in [0, 0.1) is 41.5 Å². The van der Waals surface area contributed by atoms with Crippen molar-refractivity contribution in [3.8, 4) is 17.2 Å². The third-order valence-electron chi connectivity index (χ3n) is 20.6. The number of nitrogens with zero attached hydrogens (tertiary/aromatic N) is 5. The molecule has 0 atom stereocenters. The van der Waals surface area contributed by atoms with E-state index in [4.69, 9.17) is 23.3 Å². The first-order valence-corrected chi connectivity index (χ1v) is 44.0. The van der Waals surface area contributed by atoms with Crippen LogP contribution in [0.4, 0.5) is 85.3 Å². The first kappa shape index (κ1) is 97.9. The number of carbonyl (C=O) groups excluding carboxylic acids is 1. The topological polar surface area (TPSA) is 134 Å². The Bertz CT molecular complexity index is 5520. The van der Waals surface area contributed by atoms with Crippen LogP contribution in [0.2, 0.25) is 0 Å². The summed E-state index contributed by atoms with van der Waals surface area (Å²) in [5, 5.41) is 10.1. The average Bonchev–Trinajstić information content (AvgIpc) is 0.843. The van der Waals surface area contributed by atoms with E-state index in [1.807, 2.05) is 98.8 Å². The van der Waals surface area contributed by atoms with Crippen LogP contribution in [0.25, 0.3) is 24.3 Å². The molecule has 13 nitrogen and oxygen atoms in total. The molecule has 0 heterocycles. The normalized spacial score (nSPS) is 10.8.